The molecular formula is C32H46N6O5. The highest BCUT2D eigenvalue weighted by atomic mass is 16.6. The van der Waals surface area contributed by atoms with Crippen molar-refractivity contribution in [1.29, 1.82) is 0 Å². The van der Waals surface area contributed by atoms with Gasteiger partial charge in [0, 0.05) is 75.6 Å². The fraction of sp³-hybridized carbons (Fsp3) is 0.688. The SMILES string of the molecule is CC(C)(C)OC(=O)N1CCC(N2CCC(N3CCN(c4ccc5c(c4)CN([C@H]4CCC(=O)NC4=O)C5=O)CC3)CC2)CC1. The van der Waals surface area contributed by atoms with E-state index >= 15 is 0 Å². The second-order valence-corrected chi connectivity index (χ2v) is 13.7. The molecule has 0 aliphatic carbocycles. The number of nitrogens with one attached hydrogen (secondary N) is 1. The van der Waals surface area contributed by atoms with Crippen LogP contribution in [-0.2, 0) is 20.9 Å². The number of piperazine rings is 1. The van der Waals surface area contributed by atoms with Crippen molar-refractivity contribution < 1.29 is 23.9 Å². The number of rotatable bonds is 4. The maximum atomic E-state index is 13.1. The van der Waals surface area contributed by atoms with Crippen LogP contribution in [0.2, 0.25) is 0 Å². The third kappa shape index (κ3) is 6.52. The zero-order valence-corrected chi connectivity index (χ0v) is 25.8. The zero-order valence-electron chi connectivity index (χ0n) is 25.8. The van der Waals surface area contributed by atoms with Gasteiger partial charge in [0.1, 0.15) is 11.6 Å². The lowest BCUT2D eigenvalue weighted by molar-refractivity contribution is -0.136. The number of nitrogens with zero attached hydrogens (tertiary/aromatic N) is 5. The first-order valence-corrected chi connectivity index (χ1v) is 16.0. The van der Waals surface area contributed by atoms with Crippen LogP contribution >= 0.6 is 0 Å². The largest absolute Gasteiger partial charge is 0.444 e. The number of amides is 4. The van der Waals surface area contributed by atoms with E-state index in [9.17, 15) is 19.2 Å². The topological polar surface area (TPSA) is 106 Å². The molecule has 4 saturated heterocycles. The molecular weight excluding hydrogens is 548 g/mol. The standard InChI is InChI=1S/C32H46N6O5/c1-32(2,3)43-31(42)37-14-10-23(11-15-37)34-12-8-24(9-13-34)35-16-18-36(19-17-35)25-4-5-26-22(20-25)21-38(30(26)41)27-6-7-28(39)33-29(27)40/h4-5,20,23-24,27H,6-19,21H2,1-3H3,(H,33,39,40)/t27-/m0/s1. The third-order valence-corrected chi connectivity index (χ3v) is 9.83. The Balaban J connectivity index is 0.954. The highest BCUT2D eigenvalue weighted by molar-refractivity contribution is 6.05. The number of hydrogen-bond acceptors (Lipinski definition) is 8. The molecule has 43 heavy (non-hydrogen) atoms. The summed E-state index contributed by atoms with van der Waals surface area (Å²) in [7, 11) is 0. The fourth-order valence-electron chi connectivity index (χ4n) is 7.46. The van der Waals surface area contributed by atoms with Crippen LogP contribution in [0.25, 0.3) is 0 Å². The Morgan fingerprint density at radius 2 is 1.47 bits per heavy atom. The van der Waals surface area contributed by atoms with Crippen LogP contribution in [0.5, 0.6) is 0 Å². The van der Waals surface area contributed by atoms with Crippen molar-refractivity contribution in [1.82, 2.24) is 24.9 Å². The molecule has 5 heterocycles. The summed E-state index contributed by atoms with van der Waals surface area (Å²) in [6, 6.07) is 6.63. The van der Waals surface area contributed by atoms with Crippen LogP contribution in [0.3, 0.4) is 0 Å². The summed E-state index contributed by atoms with van der Waals surface area (Å²) in [5.74, 6) is -0.765. The maximum Gasteiger partial charge on any atom is 0.410 e. The van der Waals surface area contributed by atoms with Gasteiger partial charge >= 0.3 is 6.09 Å². The number of ether oxygens (including phenoxy) is 1. The van der Waals surface area contributed by atoms with Gasteiger partial charge in [-0.15, -0.1) is 0 Å². The first kappa shape index (κ1) is 29.9. The van der Waals surface area contributed by atoms with E-state index in [4.69, 9.17) is 4.74 Å². The minimum Gasteiger partial charge on any atom is -0.444 e. The summed E-state index contributed by atoms with van der Waals surface area (Å²) in [4.78, 5) is 60.6. The molecule has 1 aromatic rings. The lowest BCUT2D eigenvalue weighted by Gasteiger charge is -2.46. The molecule has 11 nitrogen and oxygen atoms in total. The molecule has 4 amide bonds. The number of hydrogen-bond donors (Lipinski definition) is 1. The highest BCUT2D eigenvalue weighted by Gasteiger charge is 2.39. The second kappa shape index (κ2) is 12.1. The van der Waals surface area contributed by atoms with Gasteiger partial charge in [0.05, 0.1) is 0 Å². The van der Waals surface area contributed by atoms with Gasteiger partial charge in [-0.1, -0.05) is 0 Å². The van der Waals surface area contributed by atoms with Crippen LogP contribution in [-0.4, -0.2) is 119 Å². The molecule has 5 aliphatic rings. The predicted octanol–water partition coefficient (Wildman–Crippen LogP) is 2.43. The van der Waals surface area contributed by atoms with E-state index in [1.54, 1.807) is 4.90 Å². The number of imide groups is 1. The Morgan fingerprint density at radius 1 is 0.837 bits per heavy atom. The average Bonchev–Trinajstić information content (AvgIpc) is 3.31. The number of piperidine rings is 3. The predicted molar refractivity (Wildman–Crippen MR) is 162 cm³/mol. The summed E-state index contributed by atoms with van der Waals surface area (Å²) in [5.41, 5.74) is 2.29. The molecule has 11 heteroatoms. The van der Waals surface area contributed by atoms with Gasteiger partial charge in [0.25, 0.3) is 5.91 Å². The fourth-order valence-corrected chi connectivity index (χ4v) is 7.46. The first-order chi connectivity index (χ1) is 20.6. The monoisotopic (exact) mass is 594 g/mol. The molecule has 0 bridgehead atoms. The Bertz CT molecular complexity index is 1240. The Hall–Kier alpha value is -3.18. The first-order valence-electron chi connectivity index (χ1n) is 16.0. The highest BCUT2D eigenvalue weighted by Crippen LogP contribution is 2.32. The van der Waals surface area contributed by atoms with Crippen molar-refractivity contribution in [2.45, 2.75) is 89.6 Å². The second-order valence-electron chi connectivity index (χ2n) is 13.7. The van der Waals surface area contributed by atoms with Crippen LogP contribution in [0.1, 0.15) is 75.2 Å². The third-order valence-electron chi connectivity index (χ3n) is 9.83. The minimum absolute atomic E-state index is 0.124. The lowest BCUT2D eigenvalue weighted by atomic mass is 9.96. The number of fused-ring (bicyclic) bond motifs is 1. The summed E-state index contributed by atoms with van der Waals surface area (Å²) < 4.78 is 5.56. The van der Waals surface area contributed by atoms with Crippen molar-refractivity contribution in [3.8, 4) is 0 Å². The Morgan fingerprint density at radius 3 is 2.09 bits per heavy atom. The molecule has 0 spiro atoms. The summed E-state index contributed by atoms with van der Waals surface area (Å²) in [5, 5.41) is 2.37. The van der Waals surface area contributed by atoms with E-state index in [2.05, 4.69) is 26.1 Å². The summed E-state index contributed by atoms with van der Waals surface area (Å²) in [6.45, 7) is 13.9. The van der Waals surface area contributed by atoms with Crippen LogP contribution in [0.4, 0.5) is 10.5 Å². The molecule has 234 valence electrons. The van der Waals surface area contributed by atoms with Crippen molar-refractivity contribution in [2.75, 3.05) is 57.3 Å². The number of likely N-dealkylation sites (tertiary alicyclic amines) is 2. The van der Waals surface area contributed by atoms with Gasteiger partial charge in [-0.05, 0) is 89.7 Å². The number of anilines is 1. The molecule has 6 rings (SSSR count). The van der Waals surface area contributed by atoms with E-state index in [1.807, 2.05) is 37.8 Å². The van der Waals surface area contributed by atoms with Gasteiger partial charge in [0.15, 0.2) is 0 Å². The molecule has 1 atom stereocenters. The van der Waals surface area contributed by atoms with Crippen LogP contribution in [0.15, 0.2) is 18.2 Å². The molecule has 0 unspecified atom stereocenters. The van der Waals surface area contributed by atoms with Crippen molar-refractivity contribution in [3.05, 3.63) is 29.3 Å². The molecule has 4 fully saturated rings. The molecule has 0 radical (unpaired) electrons. The average molecular weight is 595 g/mol. The molecule has 5 aliphatic heterocycles. The Kier molecular flexibility index (Phi) is 8.39. The summed E-state index contributed by atoms with van der Waals surface area (Å²) in [6.07, 6.45) is 4.85. The molecule has 1 N–H and O–H groups in total. The van der Waals surface area contributed by atoms with E-state index in [0.717, 1.165) is 76.5 Å². The number of benzene rings is 1. The van der Waals surface area contributed by atoms with Gasteiger partial charge in [-0.2, -0.15) is 0 Å². The van der Waals surface area contributed by atoms with E-state index < -0.39 is 11.6 Å². The van der Waals surface area contributed by atoms with Crippen molar-refractivity contribution in [3.63, 3.8) is 0 Å². The Labute approximate surface area is 254 Å². The molecule has 0 aromatic heterocycles. The zero-order chi connectivity index (χ0) is 30.3. The van der Waals surface area contributed by atoms with E-state index in [-0.39, 0.29) is 30.2 Å². The number of carbonyl (C=O) groups excluding carboxylic acids is 4. The van der Waals surface area contributed by atoms with Crippen molar-refractivity contribution in [2.24, 2.45) is 0 Å². The molecule has 1 aromatic carbocycles. The van der Waals surface area contributed by atoms with Gasteiger partial charge < -0.3 is 24.3 Å². The summed E-state index contributed by atoms with van der Waals surface area (Å²) >= 11 is 0. The van der Waals surface area contributed by atoms with E-state index in [0.29, 0.717) is 30.6 Å². The minimum atomic E-state index is -0.582. The quantitative estimate of drug-likeness (QED) is 0.530. The smallest absolute Gasteiger partial charge is 0.410 e. The van der Waals surface area contributed by atoms with Crippen LogP contribution < -0.4 is 10.2 Å². The number of carbonyl (C=O) groups is 4. The lowest BCUT2D eigenvalue weighted by Crippen LogP contribution is -2.55. The van der Waals surface area contributed by atoms with E-state index in [1.165, 1.54) is 12.8 Å². The van der Waals surface area contributed by atoms with Gasteiger partial charge in [0.2, 0.25) is 11.8 Å². The molecule has 0 saturated carbocycles. The van der Waals surface area contributed by atoms with Crippen molar-refractivity contribution >= 4 is 29.5 Å². The van der Waals surface area contributed by atoms with Crippen LogP contribution in [0, 0.1) is 0 Å². The maximum absolute atomic E-state index is 13.1. The van der Waals surface area contributed by atoms with Gasteiger partial charge in [-0.3, -0.25) is 24.6 Å². The normalized spacial score (nSPS) is 25.2. The van der Waals surface area contributed by atoms with Gasteiger partial charge in [-0.25, -0.2) is 4.79 Å².